The molecule has 2 amide bonds. The number of nitrogens with zero attached hydrogens (tertiary/aromatic N) is 3. The Balaban J connectivity index is 1.94. The Hall–Kier alpha value is -2.67. The SMILES string of the molecule is CN(C)C(=O)c1ccn(-c2ccc3c(c2)NC(=O)C3N)n1. The quantitative estimate of drug-likeness (QED) is 0.841. The third-order valence-electron chi connectivity index (χ3n) is 3.39. The van der Waals surface area contributed by atoms with Gasteiger partial charge in [-0.25, -0.2) is 4.68 Å². The Bertz CT molecular complexity index is 735. The lowest BCUT2D eigenvalue weighted by Crippen LogP contribution is -2.22. The molecule has 108 valence electrons. The summed E-state index contributed by atoms with van der Waals surface area (Å²) in [4.78, 5) is 24.8. The molecule has 1 atom stereocenters. The van der Waals surface area contributed by atoms with Gasteiger partial charge in [-0.2, -0.15) is 5.10 Å². The van der Waals surface area contributed by atoms with E-state index >= 15 is 0 Å². The minimum atomic E-state index is -0.627. The maximum absolute atomic E-state index is 11.8. The lowest BCUT2D eigenvalue weighted by Gasteiger charge is -2.07. The number of carbonyl (C=O) groups excluding carboxylic acids is 2. The molecule has 7 heteroatoms. The van der Waals surface area contributed by atoms with Crippen LogP contribution in [0, 0.1) is 0 Å². The fourth-order valence-electron chi connectivity index (χ4n) is 2.23. The second-order valence-electron chi connectivity index (χ2n) is 5.08. The van der Waals surface area contributed by atoms with E-state index in [2.05, 4.69) is 10.4 Å². The molecule has 0 bridgehead atoms. The van der Waals surface area contributed by atoms with Crippen molar-refractivity contribution >= 4 is 17.5 Å². The van der Waals surface area contributed by atoms with Crippen LogP contribution in [0.1, 0.15) is 22.1 Å². The van der Waals surface area contributed by atoms with Crippen LogP contribution in [0.2, 0.25) is 0 Å². The highest BCUT2D eigenvalue weighted by Gasteiger charge is 2.27. The first-order valence-electron chi connectivity index (χ1n) is 6.45. The Kier molecular flexibility index (Phi) is 2.99. The molecule has 0 fully saturated rings. The summed E-state index contributed by atoms with van der Waals surface area (Å²) in [7, 11) is 3.35. The highest BCUT2D eigenvalue weighted by molar-refractivity contribution is 6.02. The highest BCUT2D eigenvalue weighted by Crippen LogP contribution is 2.30. The normalized spacial score (nSPS) is 16.5. The molecule has 1 aliphatic rings. The van der Waals surface area contributed by atoms with Crippen LogP contribution in [0.4, 0.5) is 5.69 Å². The van der Waals surface area contributed by atoms with Crippen molar-refractivity contribution < 1.29 is 9.59 Å². The summed E-state index contributed by atoms with van der Waals surface area (Å²) >= 11 is 0. The number of anilines is 1. The molecular formula is C14H15N5O2. The van der Waals surface area contributed by atoms with Crippen LogP contribution in [0.15, 0.2) is 30.5 Å². The second kappa shape index (κ2) is 4.71. The number of fused-ring (bicyclic) bond motifs is 1. The molecule has 0 radical (unpaired) electrons. The van der Waals surface area contributed by atoms with Crippen LogP contribution in [-0.4, -0.2) is 40.6 Å². The molecule has 3 rings (SSSR count). The van der Waals surface area contributed by atoms with E-state index in [-0.39, 0.29) is 11.8 Å². The Morgan fingerprint density at radius 1 is 1.38 bits per heavy atom. The summed E-state index contributed by atoms with van der Waals surface area (Å²) in [6.07, 6.45) is 1.70. The zero-order chi connectivity index (χ0) is 15.1. The van der Waals surface area contributed by atoms with Crippen molar-refractivity contribution in [3.05, 3.63) is 41.7 Å². The van der Waals surface area contributed by atoms with E-state index in [1.165, 1.54) is 4.90 Å². The molecule has 1 aliphatic heterocycles. The number of amides is 2. The minimum Gasteiger partial charge on any atom is -0.343 e. The molecule has 1 aromatic heterocycles. The molecule has 0 saturated heterocycles. The maximum atomic E-state index is 11.8. The third-order valence-corrected chi connectivity index (χ3v) is 3.39. The number of aromatic nitrogens is 2. The van der Waals surface area contributed by atoms with Gasteiger partial charge in [0.2, 0.25) is 5.91 Å². The predicted molar refractivity (Wildman–Crippen MR) is 77.1 cm³/mol. The molecule has 2 aromatic rings. The van der Waals surface area contributed by atoms with Gasteiger partial charge in [0.1, 0.15) is 6.04 Å². The van der Waals surface area contributed by atoms with E-state index in [0.717, 1.165) is 11.3 Å². The molecule has 7 nitrogen and oxygen atoms in total. The van der Waals surface area contributed by atoms with E-state index in [1.54, 1.807) is 43.2 Å². The topological polar surface area (TPSA) is 93.2 Å². The Labute approximate surface area is 121 Å². The summed E-state index contributed by atoms with van der Waals surface area (Å²) < 4.78 is 1.59. The highest BCUT2D eigenvalue weighted by atomic mass is 16.2. The van der Waals surface area contributed by atoms with Crippen LogP contribution < -0.4 is 11.1 Å². The van der Waals surface area contributed by atoms with Crippen molar-refractivity contribution in [2.75, 3.05) is 19.4 Å². The maximum Gasteiger partial charge on any atom is 0.273 e. The number of rotatable bonds is 2. The van der Waals surface area contributed by atoms with Crippen LogP contribution >= 0.6 is 0 Å². The molecule has 21 heavy (non-hydrogen) atoms. The molecule has 0 aliphatic carbocycles. The number of hydrogen-bond donors (Lipinski definition) is 2. The van der Waals surface area contributed by atoms with Gasteiger partial charge in [-0.3, -0.25) is 9.59 Å². The molecule has 0 saturated carbocycles. The van der Waals surface area contributed by atoms with Crippen molar-refractivity contribution in [2.24, 2.45) is 5.73 Å². The number of carbonyl (C=O) groups is 2. The van der Waals surface area contributed by atoms with Crippen molar-refractivity contribution in [1.82, 2.24) is 14.7 Å². The first-order valence-corrected chi connectivity index (χ1v) is 6.45. The van der Waals surface area contributed by atoms with Crippen LogP contribution in [0.25, 0.3) is 5.69 Å². The Morgan fingerprint density at radius 3 is 2.86 bits per heavy atom. The van der Waals surface area contributed by atoms with E-state index in [9.17, 15) is 9.59 Å². The number of nitrogens with one attached hydrogen (secondary N) is 1. The van der Waals surface area contributed by atoms with Gasteiger partial charge in [0.15, 0.2) is 5.69 Å². The van der Waals surface area contributed by atoms with Crippen molar-refractivity contribution in [3.63, 3.8) is 0 Å². The van der Waals surface area contributed by atoms with Gasteiger partial charge in [0, 0.05) is 31.5 Å². The molecule has 0 spiro atoms. The van der Waals surface area contributed by atoms with Gasteiger partial charge in [-0.1, -0.05) is 6.07 Å². The molecule has 2 heterocycles. The molecule has 3 N–H and O–H groups in total. The summed E-state index contributed by atoms with van der Waals surface area (Å²) in [6.45, 7) is 0. The van der Waals surface area contributed by atoms with Gasteiger partial charge in [0.25, 0.3) is 5.91 Å². The zero-order valence-electron chi connectivity index (χ0n) is 11.7. The first kappa shape index (κ1) is 13.3. The molecule has 1 aromatic carbocycles. The number of benzene rings is 1. The van der Waals surface area contributed by atoms with Crippen LogP contribution in [0.3, 0.4) is 0 Å². The average molecular weight is 285 g/mol. The van der Waals surface area contributed by atoms with Gasteiger partial charge in [-0.05, 0) is 18.2 Å². The number of nitrogens with two attached hydrogens (primary N) is 1. The van der Waals surface area contributed by atoms with Gasteiger partial charge >= 0.3 is 0 Å². The monoisotopic (exact) mass is 285 g/mol. The smallest absolute Gasteiger partial charge is 0.273 e. The fraction of sp³-hybridized carbons (Fsp3) is 0.214. The van der Waals surface area contributed by atoms with E-state index in [4.69, 9.17) is 5.73 Å². The van der Waals surface area contributed by atoms with Crippen molar-refractivity contribution in [1.29, 1.82) is 0 Å². The predicted octanol–water partition coefficient (Wildman–Crippen LogP) is 0.526. The Morgan fingerprint density at radius 2 is 2.14 bits per heavy atom. The van der Waals surface area contributed by atoms with Crippen LogP contribution in [-0.2, 0) is 4.79 Å². The van der Waals surface area contributed by atoms with Crippen molar-refractivity contribution in [2.45, 2.75) is 6.04 Å². The number of hydrogen-bond acceptors (Lipinski definition) is 4. The van der Waals surface area contributed by atoms with Crippen LogP contribution in [0.5, 0.6) is 0 Å². The summed E-state index contributed by atoms with van der Waals surface area (Å²) in [5, 5.41) is 6.97. The zero-order valence-corrected chi connectivity index (χ0v) is 11.7. The van der Waals surface area contributed by atoms with Gasteiger partial charge < -0.3 is 16.0 Å². The largest absolute Gasteiger partial charge is 0.343 e. The minimum absolute atomic E-state index is 0.162. The standard InChI is InChI=1S/C14H15N5O2/c1-18(2)14(21)10-5-6-19(17-10)8-3-4-9-11(7-8)16-13(20)12(9)15/h3-7,12H,15H2,1-2H3,(H,16,20). The van der Waals surface area contributed by atoms with E-state index < -0.39 is 6.04 Å². The lowest BCUT2D eigenvalue weighted by molar-refractivity contribution is -0.116. The molecular weight excluding hydrogens is 270 g/mol. The summed E-state index contributed by atoms with van der Waals surface area (Å²) in [6, 6.07) is 6.42. The fourth-order valence-corrected chi connectivity index (χ4v) is 2.23. The van der Waals surface area contributed by atoms with Gasteiger partial charge in [0.05, 0.1) is 5.69 Å². The lowest BCUT2D eigenvalue weighted by atomic mass is 10.1. The van der Waals surface area contributed by atoms with Crippen molar-refractivity contribution in [3.8, 4) is 5.69 Å². The van der Waals surface area contributed by atoms with Gasteiger partial charge in [-0.15, -0.1) is 0 Å². The third kappa shape index (κ3) is 2.17. The molecule has 1 unspecified atom stereocenters. The average Bonchev–Trinajstić information content (AvgIpc) is 3.04. The summed E-state index contributed by atoms with van der Waals surface area (Å²) in [5.41, 5.74) is 8.33. The van der Waals surface area contributed by atoms with E-state index in [1.807, 2.05) is 6.07 Å². The second-order valence-corrected chi connectivity index (χ2v) is 5.08. The first-order chi connectivity index (χ1) is 9.97. The summed E-state index contributed by atoms with van der Waals surface area (Å²) in [5.74, 6) is -0.378. The van der Waals surface area contributed by atoms with E-state index in [0.29, 0.717) is 11.4 Å².